The Morgan fingerprint density at radius 3 is 2.93 bits per heavy atom. The predicted molar refractivity (Wildman–Crippen MR) is 56.2 cm³/mol. The molecule has 4 nitrogen and oxygen atoms in total. The van der Waals surface area contributed by atoms with Crippen molar-refractivity contribution in [3.8, 4) is 11.5 Å². The fourth-order valence-corrected chi connectivity index (χ4v) is 1.76. The second kappa shape index (κ2) is 4.10. The molecule has 0 saturated carbocycles. The topological polar surface area (TPSA) is 44.8 Å². The Labute approximate surface area is 95.3 Å². The van der Waals surface area contributed by atoms with E-state index in [2.05, 4.69) is 15.9 Å². The second-order valence-corrected chi connectivity index (χ2v) is 3.73. The maximum Gasteiger partial charge on any atom is 0.342 e. The van der Waals surface area contributed by atoms with Gasteiger partial charge in [0, 0.05) is 0 Å². The third-order valence-electron chi connectivity index (χ3n) is 1.97. The molecular weight excluding hydrogens is 264 g/mol. The lowest BCUT2D eigenvalue weighted by molar-refractivity contribution is 0.0522. The summed E-state index contributed by atoms with van der Waals surface area (Å²) in [5, 5.41) is 0. The number of esters is 1. The molecule has 1 heterocycles. The molecule has 0 radical (unpaired) electrons. The summed E-state index contributed by atoms with van der Waals surface area (Å²) in [4.78, 5) is 11.5. The van der Waals surface area contributed by atoms with Crippen LogP contribution in [-0.4, -0.2) is 19.4 Å². The van der Waals surface area contributed by atoms with E-state index < -0.39 is 5.97 Å². The molecule has 80 valence electrons. The van der Waals surface area contributed by atoms with Crippen molar-refractivity contribution < 1.29 is 19.0 Å². The molecule has 0 spiro atoms. The molecule has 0 atom stereocenters. The first-order chi connectivity index (χ1) is 7.24. The molecule has 0 unspecified atom stereocenters. The lowest BCUT2D eigenvalue weighted by Gasteiger charge is -2.05. The minimum atomic E-state index is -0.397. The van der Waals surface area contributed by atoms with Gasteiger partial charge in [0.25, 0.3) is 0 Å². The van der Waals surface area contributed by atoms with Crippen molar-refractivity contribution in [2.45, 2.75) is 6.92 Å². The number of benzene rings is 1. The van der Waals surface area contributed by atoms with Crippen molar-refractivity contribution in [1.82, 2.24) is 0 Å². The highest BCUT2D eigenvalue weighted by Gasteiger charge is 2.25. The number of hydrogen-bond acceptors (Lipinski definition) is 4. The summed E-state index contributed by atoms with van der Waals surface area (Å²) in [7, 11) is 0. The molecule has 0 fully saturated rings. The fraction of sp³-hybridized carbons (Fsp3) is 0.300. The van der Waals surface area contributed by atoms with Crippen LogP contribution in [0.3, 0.4) is 0 Å². The van der Waals surface area contributed by atoms with Crippen LogP contribution in [0.5, 0.6) is 11.5 Å². The summed E-state index contributed by atoms with van der Waals surface area (Å²) in [5.74, 6) is 0.607. The van der Waals surface area contributed by atoms with Gasteiger partial charge in [-0.1, -0.05) is 0 Å². The van der Waals surface area contributed by atoms with E-state index in [-0.39, 0.29) is 6.79 Å². The maximum absolute atomic E-state index is 11.5. The smallest absolute Gasteiger partial charge is 0.342 e. The molecule has 0 aromatic heterocycles. The summed E-state index contributed by atoms with van der Waals surface area (Å²) in [6.45, 7) is 2.23. The Hall–Kier alpha value is -1.23. The lowest BCUT2D eigenvalue weighted by Crippen LogP contribution is -2.05. The van der Waals surface area contributed by atoms with Crippen LogP contribution in [0.1, 0.15) is 17.3 Å². The van der Waals surface area contributed by atoms with Crippen LogP contribution in [0, 0.1) is 0 Å². The van der Waals surface area contributed by atoms with Crippen LogP contribution in [0.4, 0.5) is 0 Å². The maximum atomic E-state index is 11.5. The molecule has 1 aromatic carbocycles. The number of ether oxygens (including phenoxy) is 3. The Balaban J connectivity index is 2.41. The molecular formula is C10H9BrO4. The Morgan fingerprint density at radius 2 is 2.20 bits per heavy atom. The first-order valence-electron chi connectivity index (χ1n) is 4.49. The van der Waals surface area contributed by atoms with Gasteiger partial charge in [-0.15, -0.1) is 0 Å². The van der Waals surface area contributed by atoms with Gasteiger partial charge in [0.15, 0.2) is 11.5 Å². The Morgan fingerprint density at radius 1 is 1.47 bits per heavy atom. The highest BCUT2D eigenvalue weighted by atomic mass is 79.9. The zero-order chi connectivity index (χ0) is 10.8. The van der Waals surface area contributed by atoms with Crippen molar-refractivity contribution in [2.75, 3.05) is 13.4 Å². The molecule has 15 heavy (non-hydrogen) atoms. The predicted octanol–water partition coefficient (Wildman–Crippen LogP) is 2.35. The SMILES string of the molecule is CCOC(=O)c1ccc(Br)c2c1OCO2. The molecule has 2 rings (SSSR count). The van der Waals surface area contributed by atoms with Crippen LogP contribution in [0.15, 0.2) is 16.6 Å². The van der Waals surface area contributed by atoms with Crippen LogP contribution in [-0.2, 0) is 4.74 Å². The van der Waals surface area contributed by atoms with Gasteiger partial charge in [0.05, 0.1) is 11.1 Å². The number of rotatable bonds is 2. The van der Waals surface area contributed by atoms with Gasteiger partial charge < -0.3 is 14.2 Å². The van der Waals surface area contributed by atoms with Crippen molar-refractivity contribution in [2.24, 2.45) is 0 Å². The van der Waals surface area contributed by atoms with Crippen LogP contribution >= 0.6 is 15.9 Å². The molecule has 5 heteroatoms. The van der Waals surface area contributed by atoms with E-state index in [9.17, 15) is 4.79 Å². The number of fused-ring (bicyclic) bond motifs is 1. The molecule has 0 saturated heterocycles. The van der Waals surface area contributed by atoms with Gasteiger partial charge in [0.2, 0.25) is 6.79 Å². The molecule has 1 aliphatic rings. The fourth-order valence-electron chi connectivity index (χ4n) is 1.33. The number of hydrogen-bond donors (Lipinski definition) is 0. The van der Waals surface area contributed by atoms with E-state index in [0.29, 0.717) is 23.7 Å². The average Bonchev–Trinajstić information content (AvgIpc) is 2.68. The minimum absolute atomic E-state index is 0.129. The first kappa shape index (κ1) is 10.3. The van der Waals surface area contributed by atoms with E-state index in [1.165, 1.54) is 0 Å². The van der Waals surface area contributed by atoms with Crippen molar-refractivity contribution in [3.63, 3.8) is 0 Å². The van der Waals surface area contributed by atoms with Crippen LogP contribution < -0.4 is 9.47 Å². The summed E-state index contributed by atoms with van der Waals surface area (Å²) < 4.78 is 16.1. The molecule has 1 aromatic rings. The van der Waals surface area contributed by atoms with Gasteiger partial charge in [-0.3, -0.25) is 0 Å². The van der Waals surface area contributed by atoms with Crippen LogP contribution in [0.25, 0.3) is 0 Å². The summed E-state index contributed by atoms with van der Waals surface area (Å²) in [5.41, 5.74) is 0.396. The number of halogens is 1. The molecule has 0 bridgehead atoms. The Kier molecular flexibility index (Phi) is 2.81. The van der Waals surface area contributed by atoms with E-state index in [0.717, 1.165) is 4.47 Å². The van der Waals surface area contributed by atoms with Crippen LogP contribution in [0.2, 0.25) is 0 Å². The number of carbonyl (C=O) groups excluding carboxylic acids is 1. The quantitative estimate of drug-likeness (QED) is 0.776. The largest absolute Gasteiger partial charge is 0.462 e. The van der Waals surface area contributed by atoms with Gasteiger partial charge in [-0.05, 0) is 35.0 Å². The van der Waals surface area contributed by atoms with Gasteiger partial charge >= 0.3 is 5.97 Å². The Bertz CT molecular complexity index is 403. The first-order valence-corrected chi connectivity index (χ1v) is 5.28. The summed E-state index contributed by atoms with van der Waals surface area (Å²) in [6, 6.07) is 3.38. The zero-order valence-corrected chi connectivity index (χ0v) is 9.67. The highest BCUT2D eigenvalue weighted by molar-refractivity contribution is 9.10. The molecule has 0 aliphatic carbocycles. The van der Waals surface area contributed by atoms with E-state index in [4.69, 9.17) is 14.2 Å². The van der Waals surface area contributed by atoms with Crippen molar-refractivity contribution in [3.05, 3.63) is 22.2 Å². The molecule has 0 amide bonds. The summed E-state index contributed by atoms with van der Waals surface area (Å²) >= 11 is 3.31. The highest BCUT2D eigenvalue weighted by Crippen LogP contribution is 2.41. The second-order valence-electron chi connectivity index (χ2n) is 2.88. The van der Waals surface area contributed by atoms with Gasteiger partial charge in [0.1, 0.15) is 5.56 Å². The number of carbonyl (C=O) groups is 1. The normalized spacial score (nSPS) is 12.7. The van der Waals surface area contributed by atoms with Crippen molar-refractivity contribution >= 4 is 21.9 Å². The standard InChI is InChI=1S/C10H9BrO4/c1-2-13-10(12)6-3-4-7(11)9-8(6)14-5-15-9/h3-4H,2,5H2,1H3. The minimum Gasteiger partial charge on any atom is -0.462 e. The third-order valence-corrected chi connectivity index (χ3v) is 2.59. The van der Waals surface area contributed by atoms with Gasteiger partial charge in [-0.25, -0.2) is 4.79 Å². The zero-order valence-electron chi connectivity index (χ0n) is 8.08. The van der Waals surface area contributed by atoms with Crippen molar-refractivity contribution in [1.29, 1.82) is 0 Å². The lowest BCUT2D eigenvalue weighted by atomic mass is 10.2. The molecule has 0 N–H and O–H groups in total. The summed E-state index contributed by atoms with van der Waals surface area (Å²) in [6.07, 6.45) is 0. The average molecular weight is 273 g/mol. The van der Waals surface area contributed by atoms with E-state index >= 15 is 0 Å². The van der Waals surface area contributed by atoms with Gasteiger partial charge in [-0.2, -0.15) is 0 Å². The third kappa shape index (κ3) is 1.79. The monoisotopic (exact) mass is 272 g/mol. The molecule has 1 aliphatic heterocycles. The van der Waals surface area contributed by atoms with E-state index in [1.54, 1.807) is 19.1 Å². The van der Waals surface area contributed by atoms with E-state index in [1.807, 2.05) is 0 Å².